The molecule has 2 aromatic heterocycles. The number of amides is 1. The van der Waals surface area contributed by atoms with Crippen LogP contribution in [0.25, 0.3) is 10.2 Å². The highest BCUT2D eigenvalue weighted by Crippen LogP contribution is 2.34. The van der Waals surface area contributed by atoms with Gasteiger partial charge in [0.15, 0.2) is 0 Å². The molecular weight excluding hydrogens is 308 g/mol. The van der Waals surface area contributed by atoms with Gasteiger partial charge in [-0.2, -0.15) is 0 Å². The second-order valence-electron chi connectivity index (χ2n) is 5.97. The van der Waals surface area contributed by atoms with Crippen LogP contribution in [0.2, 0.25) is 0 Å². The van der Waals surface area contributed by atoms with Crippen molar-refractivity contribution >= 4 is 33.3 Å². The van der Waals surface area contributed by atoms with Crippen molar-refractivity contribution in [3.05, 3.63) is 29.4 Å². The Morgan fingerprint density at radius 2 is 2.35 bits per heavy atom. The van der Waals surface area contributed by atoms with Crippen LogP contribution >= 0.6 is 11.3 Å². The van der Waals surface area contributed by atoms with Gasteiger partial charge in [-0.1, -0.05) is 6.08 Å². The summed E-state index contributed by atoms with van der Waals surface area (Å²) in [5, 5.41) is 4.18. The highest BCUT2D eigenvalue weighted by atomic mass is 32.1. The number of rotatable bonds is 4. The second kappa shape index (κ2) is 6.66. The smallest absolute Gasteiger partial charge is 0.264 e. The van der Waals surface area contributed by atoms with Gasteiger partial charge in [-0.05, 0) is 38.7 Å². The number of likely N-dealkylation sites (tertiary alicyclic amines) is 1. The fourth-order valence-electron chi connectivity index (χ4n) is 3.11. The quantitative estimate of drug-likeness (QED) is 0.870. The zero-order chi connectivity index (χ0) is 16.4. The fourth-order valence-corrected chi connectivity index (χ4v) is 4.21. The molecule has 1 amide bonds. The molecule has 1 N–H and O–H groups in total. The maximum absolute atomic E-state index is 13.0. The van der Waals surface area contributed by atoms with Crippen LogP contribution in [0.15, 0.2) is 19.0 Å². The molecule has 3 heterocycles. The molecule has 0 aliphatic carbocycles. The summed E-state index contributed by atoms with van der Waals surface area (Å²) < 4.78 is 0. The standard InChI is InChI=1S/C17H22N4OS/c1-4-8-18-15-13-12(3)14(23-16(13)20-10-19-15)17(22)21-9-6-5-7-11(21)2/h4,10-11H,1,5-9H2,2-3H3,(H,18,19,20)/t11-/m1/s1. The van der Waals surface area contributed by atoms with Crippen molar-refractivity contribution in [2.45, 2.75) is 39.2 Å². The van der Waals surface area contributed by atoms with Crippen LogP contribution in [-0.2, 0) is 0 Å². The van der Waals surface area contributed by atoms with Gasteiger partial charge in [-0.3, -0.25) is 4.79 Å². The monoisotopic (exact) mass is 330 g/mol. The molecule has 0 spiro atoms. The number of anilines is 1. The number of piperidine rings is 1. The number of aromatic nitrogens is 2. The largest absolute Gasteiger partial charge is 0.366 e. The van der Waals surface area contributed by atoms with E-state index >= 15 is 0 Å². The van der Waals surface area contributed by atoms with E-state index in [4.69, 9.17) is 0 Å². The van der Waals surface area contributed by atoms with E-state index in [2.05, 4.69) is 28.8 Å². The first kappa shape index (κ1) is 15.9. The minimum atomic E-state index is 0.132. The summed E-state index contributed by atoms with van der Waals surface area (Å²) in [6.45, 7) is 9.32. The third-order valence-electron chi connectivity index (χ3n) is 4.40. The predicted octanol–water partition coefficient (Wildman–Crippen LogP) is 3.61. The molecule has 23 heavy (non-hydrogen) atoms. The maximum Gasteiger partial charge on any atom is 0.264 e. The van der Waals surface area contributed by atoms with Crippen LogP contribution in [-0.4, -0.2) is 39.9 Å². The zero-order valence-corrected chi connectivity index (χ0v) is 14.4. The molecule has 1 saturated heterocycles. The topological polar surface area (TPSA) is 58.1 Å². The molecule has 0 unspecified atom stereocenters. The van der Waals surface area contributed by atoms with Crippen LogP contribution in [0.4, 0.5) is 5.82 Å². The van der Waals surface area contributed by atoms with Crippen molar-refractivity contribution in [3.63, 3.8) is 0 Å². The van der Waals surface area contributed by atoms with Crippen LogP contribution < -0.4 is 5.32 Å². The first-order valence-corrected chi connectivity index (χ1v) is 8.85. The molecule has 1 aliphatic heterocycles. The Kier molecular flexibility index (Phi) is 4.61. The van der Waals surface area contributed by atoms with Gasteiger partial charge < -0.3 is 10.2 Å². The Balaban J connectivity index is 2.00. The Bertz CT molecular complexity index is 740. The third-order valence-corrected chi connectivity index (χ3v) is 5.59. The predicted molar refractivity (Wildman–Crippen MR) is 95.2 cm³/mol. The molecule has 5 nitrogen and oxygen atoms in total. The van der Waals surface area contributed by atoms with Gasteiger partial charge in [-0.25, -0.2) is 9.97 Å². The van der Waals surface area contributed by atoms with Gasteiger partial charge in [0.05, 0.1) is 10.3 Å². The lowest BCUT2D eigenvalue weighted by Crippen LogP contribution is -2.41. The minimum Gasteiger partial charge on any atom is -0.366 e. The Labute approximate surface area is 140 Å². The fraction of sp³-hybridized carbons (Fsp3) is 0.471. The van der Waals surface area contributed by atoms with Gasteiger partial charge in [0.2, 0.25) is 0 Å². The zero-order valence-electron chi connectivity index (χ0n) is 13.6. The van der Waals surface area contributed by atoms with Crippen molar-refractivity contribution in [2.75, 3.05) is 18.4 Å². The molecule has 2 aromatic rings. The van der Waals surface area contributed by atoms with Gasteiger partial charge in [0, 0.05) is 19.1 Å². The van der Waals surface area contributed by atoms with Gasteiger partial charge in [0.1, 0.15) is 17.0 Å². The number of hydrogen-bond acceptors (Lipinski definition) is 5. The Hall–Kier alpha value is -1.95. The number of carbonyl (C=O) groups is 1. The molecule has 1 aliphatic rings. The van der Waals surface area contributed by atoms with E-state index in [9.17, 15) is 4.79 Å². The van der Waals surface area contributed by atoms with Crippen LogP contribution in [0.5, 0.6) is 0 Å². The maximum atomic E-state index is 13.0. The van der Waals surface area contributed by atoms with Gasteiger partial charge >= 0.3 is 0 Å². The first-order chi connectivity index (χ1) is 11.1. The van der Waals surface area contributed by atoms with Crippen molar-refractivity contribution in [1.82, 2.24) is 14.9 Å². The summed E-state index contributed by atoms with van der Waals surface area (Å²) in [6, 6.07) is 0.310. The normalized spacial score (nSPS) is 18.2. The summed E-state index contributed by atoms with van der Waals surface area (Å²) in [7, 11) is 0. The third kappa shape index (κ3) is 2.95. The summed E-state index contributed by atoms with van der Waals surface area (Å²) in [6.07, 6.45) is 6.71. The number of hydrogen-bond donors (Lipinski definition) is 1. The van der Waals surface area contributed by atoms with E-state index in [-0.39, 0.29) is 5.91 Å². The average Bonchev–Trinajstić information content (AvgIpc) is 2.90. The number of carbonyl (C=O) groups excluding carboxylic acids is 1. The van der Waals surface area contributed by atoms with E-state index < -0.39 is 0 Å². The van der Waals surface area contributed by atoms with Crippen molar-refractivity contribution in [1.29, 1.82) is 0 Å². The lowest BCUT2D eigenvalue weighted by molar-refractivity contribution is 0.0640. The lowest BCUT2D eigenvalue weighted by atomic mass is 10.0. The molecule has 122 valence electrons. The molecule has 1 fully saturated rings. The van der Waals surface area contributed by atoms with Crippen LogP contribution in [0, 0.1) is 6.92 Å². The Morgan fingerprint density at radius 1 is 1.52 bits per heavy atom. The number of nitrogens with zero attached hydrogens (tertiary/aromatic N) is 3. The molecule has 0 radical (unpaired) electrons. The van der Waals surface area contributed by atoms with E-state index in [0.29, 0.717) is 12.6 Å². The molecule has 6 heteroatoms. The van der Waals surface area contributed by atoms with E-state index in [1.807, 2.05) is 11.8 Å². The molecule has 1 atom stereocenters. The molecule has 3 rings (SSSR count). The van der Waals surface area contributed by atoms with Crippen LogP contribution in [0.3, 0.4) is 0 Å². The van der Waals surface area contributed by atoms with E-state index in [1.165, 1.54) is 17.8 Å². The van der Waals surface area contributed by atoms with Crippen molar-refractivity contribution < 1.29 is 4.79 Å². The number of thiophene rings is 1. The average molecular weight is 330 g/mol. The number of nitrogens with one attached hydrogen (secondary N) is 1. The number of fused-ring (bicyclic) bond motifs is 1. The molecule has 0 bridgehead atoms. The summed E-state index contributed by atoms with van der Waals surface area (Å²) in [4.78, 5) is 25.3. The highest BCUT2D eigenvalue weighted by molar-refractivity contribution is 7.20. The van der Waals surface area contributed by atoms with E-state index in [0.717, 1.165) is 45.9 Å². The van der Waals surface area contributed by atoms with Gasteiger partial charge in [0.25, 0.3) is 5.91 Å². The van der Waals surface area contributed by atoms with Gasteiger partial charge in [-0.15, -0.1) is 17.9 Å². The molecule has 0 saturated carbocycles. The van der Waals surface area contributed by atoms with Crippen LogP contribution in [0.1, 0.15) is 41.4 Å². The van der Waals surface area contributed by atoms with E-state index in [1.54, 1.807) is 12.4 Å². The second-order valence-corrected chi connectivity index (χ2v) is 6.97. The highest BCUT2D eigenvalue weighted by Gasteiger charge is 2.28. The van der Waals surface area contributed by atoms with Crippen molar-refractivity contribution in [3.8, 4) is 0 Å². The summed E-state index contributed by atoms with van der Waals surface area (Å²) in [5.74, 6) is 0.904. The SMILES string of the molecule is C=CCNc1ncnc2sc(C(=O)N3CCCC[C@H]3C)c(C)c12. The first-order valence-electron chi connectivity index (χ1n) is 8.03. The number of aryl methyl sites for hydroxylation is 1. The summed E-state index contributed by atoms with van der Waals surface area (Å²) in [5.41, 5.74) is 0.972. The Morgan fingerprint density at radius 3 is 3.09 bits per heavy atom. The summed E-state index contributed by atoms with van der Waals surface area (Å²) >= 11 is 1.47. The lowest BCUT2D eigenvalue weighted by Gasteiger charge is -2.33. The minimum absolute atomic E-state index is 0.132. The molecule has 0 aromatic carbocycles. The molecular formula is C17H22N4OS. The van der Waals surface area contributed by atoms with Crippen molar-refractivity contribution in [2.24, 2.45) is 0 Å².